The van der Waals surface area contributed by atoms with Crippen LogP contribution >= 0.6 is 11.3 Å². The van der Waals surface area contributed by atoms with Crippen molar-refractivity contribution >= 4 is 27.1 Å². The molecule has 92 valence electrons. The number of benzene rings is 1. The van der Waals surface area contributed by atoms with Crippen LogP contribution < -0.4 is 5.32 Å². The maximum Gasteiger partial charge on any atom is 0.0614 e. The fourth-order valence-electron chi connectivity index (χ4n) is 2.86. The molecule has 18 heavy (non-hydrogen) atoms. The number of hydrogen-bond donors (Lipinski definition) is 1. The normalized spacial score (nSPS) is 19.9. The number of rotatable bonds is 0. The van der Waals surface area contributed by atoms with Crippen molar-refractivity contribution < 1.29 is 0 Å². The van der Waals surface area contributed by atoms with Gasteiger partial charge >= 0.3 is 0 Å². The summed E-state index contributed by atoms with van der Waals surface area (Å²) in [6, 6.07) is 8.57. The molecule has 0 bridgehead atoms. The van der Waals surface area contributed by atoms with Crippen LogP contribution in [0.2, 0.25) is 0 Å². The minimum absolute atomic E-state index is 0.0378. The minimum Gasteiger partial charge on any atom is -0.354 e. The van der Waals surface area contributed by atoms with Gasteiger partial charge in [-0.15, -0.1) is 11.3 Å². The monoisotopic (exact) mass is 255 g/mol. The quantitative estimate of drug-likeness (QED) is 0.693. The average Bonchev–Trinajstić information content (AvgIpc) is 2.69. The number of fused-ring (bicyclic) bond motifs is 3. The van der Waals surface area contributed by atoms with Crippen molar-refractivity contribution in [2.45, 2.75) is 26.2 Å². The Balaban J connectivity index is 2.36. The zero-order chi connectivity index (χ0) is 12.9. The Morgan fingerprint density at radius 3 is 2.72 bits per heavy atom. The summed E-state index contributed by atoms with van der Waals surface area (Å²) in [4.78, 5) is 1.41. The Bertz CT molecular complexity index is 673. The number of allylic oxidation sites excluding steroid dienone is 2. The second-order valence-corrected chi connectivity index (χ2v) is 6.29. The fraction of sp³-hybridized carbons (Fsp3) is 0.250. The van der Waals surface area contributed by atoms with Gasteiger partial charge in [0.2, 0.25) is 0 Å². The highest BCUT2D eigenvalue weighted by Gasteiger charge is 2.36. The van der Waals surface area contributed by atoms with Crippen LogP contribution in [0.3, 0.4) is 0 Å². The van der Waals surface area contributed by atoms with Crippen molar-refractivity contribution in [3.63, 3.8) is 0 Å². The van der Waals surface area contributed by atoms with Crippen LogP contribution in [0.25, 0.3) is 10.1 Å². The maximum absolute atomic E-state index is 4.17. The van der Waals surface area contributed by atoms with Gasteiger partial charge in [0, 0.05) is 26.1 Å². The van der Waals surface area contributed by atoms with Gasteiger partial charge in [0.1, 0.15) is 0 Å². The Labute approximate surface area is 112 Å². The zero-order valence-corrected chi connectivity index (χ0v) is 11.8. The zero-order valence-electron chi connectivity index (χ0n) is 11.0. The molecule has 0 fully saturated rings. The van der Waals surface area contributed by atoms with Crippen LogP contribution in [0.15, 0.2) is 48.2 Å². The van der Waals surface area contributed by atoms with Crippen LogP contribution in [0, 0.1) is 0 Å². The predicted octanol–water partition coefficient (Wildman–Crippen LogP) is 5.06. The topological polar surface area (TPSA) is 12.0 Å². The molecule has 1 aliphatic heterocycles. The van der Waals surface area contributed by atoms with Gasteiger partial charge in [-0.3, -0.25) is 0 Å². The summed E-state index contributed by atoms with van der Waals surface area (Å²) in [5.41, 5.74) is 3.60. The third-order valence-electron chi connectivity index (χ3n) is 3.73. The lowest BCUT2D eigenvalue weighted by Crippen LogP contribution is -2.28. The number of hydrogen-bond acceptors (Lipinski definition) is 2. The molecule has 2 heteroatoms. The summed E-state index contributed by atoms with van der Waals surface area (Å²) in [5.74, 6) is 0. The molecule has 3 rings (SSSR count). The first-order valence-electron chi connectivity index (χ1n) is 6.21. The number of anilines is 1. The SMILES string of the molecule is C=C1Nc2c(sc3ccccc23)C(C)(C)/C1=C/C. The summed E-state index contributed by atoms with van der Waals surface area (Å²) in [6.07, 6.45) is 2.17. The summed E-state index contributed by atoms with van der Waals surface area (Å²) >= 11 is 1.88. The van der Waals surface area contributed by atoms with Crippen molar-refractivity contribution in [1.29, 1.82) is 0 Å². The molecule has 0 aliphatic carbocycles. The van der Waals surface area contributed by atoms with E-state index in [1.54, 1.807) is 0 Å². The predicted molar refractivity (Wildman–Crippen MR) is 81.4 cm³/mol. The van der Waals surface area contributed by atoms with Crippen molar-refractivity contribution in [1.82, 2.24) is 0 Å². The molecule has 1 nitrogen and oxygen atoms in total. The summed E-state index contributed by atoms with van der Waals surface area (Å²) < 4.78 is 1.34. The Hall–Kier alpha value is -1.54. The molecule has 1 N–H and O–H groups in total. The molecule has 0 radical (unpaired) electrons. The molecule has 1 aromatic heterocycles. The van der Waals surface area contributed by atoms with E-state index >= 15 is 0 Å². The Kier molecular flexibility index (Phi) is 2.39. The molecular formula is C16H17NS. The summed E-state index contributed by atoms with van der Waals surface area (Å²) in [7, 11) is 0. The van der Waals surface area contributed by atoms with Gasteiger partial charge in [-0.25, -0.2) is 0 Å². The second kappa shape index (κ2) is 3.72. The van der Waals surface area contributed by atoms with E-state index in [-0.39, 0.29) is 5.41 Å². The highest BCUT2D eigenvalue weighted by Crippen LogP contribution is 2.50. The second-order valence-electron chi connectivity index (χ2n) is 5.23. The van der Waals surface area contributed by atoms with E-state index in [0.29, 0.717) is 0 Å². The van der Waals surface area contributed by atoms with Crippen molar-refractivity contribution in [3.8, 4) is 0 Å². The van der Waals surface area contributed by atoms with Gasteiger partial charge in [0.15, 0.2) is 0 Å². The van der Waals surface area contributed by atoms with Gasteiger partial charge in [-0.2, -0.15) is 0 Å². The van der Waals surface area contributed by atoms with E-state index in [4.69, 9.17) is 0 Å². The molecule has 0 unspecified atom stereocenters. The van der Waals surface area contributed by atoms with E-state index in [1.165, 1.54) is 26.2 Å². The van der Waals surface area contributed by atoms with Crippen molar-refractivity contribution in [2.75, 3.05) is 5.32 Å². The largest absolute Gasteiger partial charge is 0.354 e. The highest BCUT2D eigenvalue weighted by molar-refractivity contribution is 7.20. The first-order chi connectivity index (χ1) is 8.55. The fourth-order valence-corrected chi connectivity index (χ4v) is 4.14. The molecule has 2 heterocycles. The van der Waals surface area contributed by atoms with Crippen molar-refractivity contribution in [2.24, 2.45) is 0 Å². The van der Waals surface area contributed by atoms with Gasteiger partial charge < -0.3 is 5.32 Å². The van der Waals surface area contributed by atoms with Crippen molar-refractivity contribution in [3.05, 3.63) is 53.1 Å². The molecule has 0 atom stereocenters. The van der Waals surface area contributed by atoms with Crippen LogP contribution in [-0.2, 0) is 5.41 Å². The first-order valence-corrected chi connectivity index (χ1v) is 7.02. The molecule has 1 aliphatic rings. The molecular weight excluding hydrogens is 238 g/mol. The number of thiophene rings is 1. The molecule has 0 spiro atoms. The summed E-state index contributed by atoms with van der Waals surface area (Å²) in [6.45, 7) is 10.8. The van der Waals surface area contributed by atoms with Gasteiger partial charge in [0.25, 0.3) is 0 Å². The lowest BCUT2D eigenvalue weighted by atomic mass is 9.77. The Morgan fingerprint density at radius 1 is 1.28 bits per heavy atom. The molecule has 0 saturated carbocycles. The van der Waals surface area contributed by atoms with E-state index in [0.717, 1.165) is 5.70 Å². The van der Waals surface area contributed by atoms with Crippen LogP contribution in [0.5, 0.6) is 0 Å². The molecule has 1 aromatic carbocycles. The van der Waals surface area contributed by atoms with Crippen LogP contribution in [0.4, 0.5) is 5.69 Å². The molecule has 2 aromatic rings. The van der Waals surface area contributed by atoms with E-state index in [2.05, 4.69) is 63.0 Å². The van der Waals surface area contributed by atoms with Crippen LogP contribution in [-0.4, -0.2) is 0 Å². The Morgan fingerprint density at radius 2 is 2.00 bits per heavy atom. The minimum atomic E-state index is 0.0378. The third kappa shape index (κ3) is 1.39. The van der Waals surface area contributed by atoms with Gasteiger partial charge in [0.05, 0.1) is 5.69 Å². The van der Waals surface area contributed by atoms with Crippen LogP contribution in [0.1, 0.15) is 25.6 Å². The van der Waals surface area contributed by atoms with Gasteiger partial charge in [-0.05, 0) is 18.6 Å². The maximum atomic E-state index is 4.17. The highest BCUT2D eigenvalue weighted by atomic mass is 32.1. The third-order valence-corrected chi connectivity index (χ3v) is 5.22. The number of nitrogens with one attached hydrogen (secondary N) is 1. The lowest BCUT2D eigenvalue weighted by Gasteiger charge is -2.35. The molecule has 0 amide bonds. The lowest BCUT2D eigenvalue weighted by molar-refractivity contribution is 0.637. The average molecular weight is 255 g/mol. The van der Waals surface area contributed by atoms with Gasteiger partial charge in [-0.1, -0.05) is 44.7 Å². The van der Waals surface area contributed by atoms with E-state index < -0.39 is 0 Å². The first kappa shape index (κ1) is 11.5. The van der Waals surface area contributed by atoms with E-state index in [1.807, 2.05) is 11.3 Å². The smallest absolute Gasteiger partial charge is 0.0614 e. The summed E-state index contributed by atoms with van der Waals surface area (Å²) in [5, 5.41) is 4.79. The molecule has 0 saturated heterocycles. The van der Waals surface area contributed by atoms with E-state index in [9.17, 15) is 0 Å². The standard InChI is InChI=1S/C16H17NS/c1-5-12-10(2)17-14-11-8-6-7-9-13(11)18-15(14)16(12,3)4/h5-9,17H,2H2,1,3-4H3/b12-5+.